The lowest BCUT2D eigenvalue weighted by molar-refractivity contribution is 0.164. The van der Waals surface area contributed by atoms with Crippen molar-refractivity contribution >= 4 is 17.8 Å². The van der Waals surface area contributed by atoms with Crippen molar-refractivity contribution in [1.29, 1.82) is 0 Å². The maximum Gasteiger partial charge on any atom is 0.231 e. The Balaban J connectivity index is 2.70. The Labute approximate surface area is 114 Å². The van der Waals surface area contributed by atoms with Gasteiger partial charge in [-0.3, -0.25) is 0 Å². The number of aliphatic hydroxyl groups is 1. The summed E-state index contributed by atoms with van der Waals surface area (Å²) in [5.41, 5.74) is 0. The molecule has 0 bridgehead atoms. The van der Waals surface area contributed by atoms with Gasteiger partial charge in [0.15, 0.2) is 0 Å². The molecule has 0 amide bonds. The first-order chi connectivity index (χ1) is 9.06. The minimum Gasteiger partial charge on any atom is -0.393 e. The molecule has 0 saturated carbocycles. The van der Waals surface area contributed by atoms with E-state index >= 15 is 0 Å². The largest absolute Gasteiger partial charge is 0.393 e. The third kappa shape index (κ3) is 5.25. The summed E-state index contributed by atoms with van der Waals surface area (Å²) in [4.78, 5) is 14.7. The van der Waals surface area contributed by atoms with Crippen LogP contribution in [0.3, 0.4) is 0 Å². The molecule has 0 aliphatic heterocycles. The topological polar surface area (TPSA) is 86.2 Å². The first kappa shape index (κ1) is 15.4. The number of anilines is 3. The van der Waals surface area contributed by atoms with Crippen LogP contribution in [-0.4, -0.2) is 53.3 Å². The van der Waals surface area contributed by atoms with Crippen LogP contribution in [0.1, 0.15) is 26.7 Å². The molecule has 0 aliphatic carbocycles. The zero-order chi connectivity index (χ0) is 14.3. The maximum atomic E-state index is 9.50. The van der Waals surface area contributed by atoms with Crippen LogP contribution in [0, 0.1) is 0 Å². The smallest absolute Gasteiger partial charge is 0.231 e. The van der Waals surface area contributed by atoms with Crippen molar-refractivity contribution in [3.8, 4) is 0 Å². The van der Waals surface area contributed by atoms with Crippen molar-refractivity contribution in [2.75, 3.05) is 42.7 Å². The SMILES string of the molecule is CCNc1nc(NCCC(O)CC)nc(N(C)C)n1. The van der Waals surface area contributed by atoms with Gasteiger partial charge in [-0.1, -0.05) is 6.92 Å². The molecule has 1 atom stereocenters. The van der Waals surface area contributed by atoms with Crippen LogP contribution in [0.15, 0.2) is 0 Å². The predicted octanol–water partition coefficient (Wildman–Crippen LogP) is 0.942. The Morgan fingerprint density at radius 3 is 2.26 bits per heavy atom. The highest BCUT2D eigenvalue weighted by Gasteiger charge is 2.08. The van der Waals surface area contributed by atoms with E-state index < -0.39 is 0 Å². The van der Waals surface area contributed by atoms with Crippen LogP contribution < -0.4 is 15.5 Å². The maximum absolute atomic E-state index is 9.50. The van der Waals surface area contributed by atoms with Crippen molar-refractivity contribution in [2.24, 2.45) is 0 Å². The van der Waals surface area contributed by atoms with Crippen LogP contribution in [0.5, 0.6) is 0 Å². The third-order valence-corrected chi connectivity index (χ3v) is 2.59. The normalized spacial score (nSPS) is 12.1. The Bertz CT molecular complexity index is 384. The molecule has 1 rings (SSSR count). The first-order valence-corrected chi connectivity index (χ1v) is 6.66. The van der Waals surface area contributed by atoms with Gasteiger partial charge in [-0.15, -0.1) is 0 Å². The summed E-state index contributed by atoms with van der Waals surface area (Å²) >= 11 is 0. The van der Waals surface area contributed by atoms with Crippen LogP contribution >= 0.6 is 0 Å². The third-order valence-electron chi connectivity index (χ3n) is 2.59. The fourth-order valence-electron chi connectivity index (χ4n) is 1.44. The molecule has 1 aromatic rings. The fourth-order valence-corrected chi connectivity index (χ4v) is 1.44. The quantitative estimate of drug-likeness (QED) is 0.647. The molecule has 0 aromatic carbocycles. The summed E-state index contributed by atoms with van der Waals surface area (Å²) in [5.74, 6) is 1.68. The summed E-state index contributed by atoms with van der Waals surface area (Å²) in [6, 6.07) is 0. The van der Waals surface area contributed by atoms with E-state index in [0.29, 0.717) is 30.8 Å². The average molecular weight is 268 g/mol. The van der Waals surface area contributed by atoms with E-state index in [-0.39, 0.29) is 6.10 Å². The standard InChI is InChI=1S/C12H24N6O/c1-5-9(19)7-8-14-11-15-10(13-6-2)16-12(17-11)18(3)4/h9,19H,5-8H2,1-4H3,(H2,13,14,15,16,17). The Kier molecular flexibility index (Phi) is 6.27. The molecule has 7 nitrogen and oxygen atoms in total. The molecule has 108 valence electrons. The summed E-state index contributed by atoms with van der Waals surface area (Å²) in [5, 5.41) is 15.7. The lowest BCUT2D eigenvalue weighted by atomic mass is 10.2. The van der Waals surface area contributed by atoms with E-state index in [9.17, 15) is 5.11 Å². The van der Waals surface area contributed by atoms with Gasteiger partial charge in [0.25, 0.3) is 0 Å². The molecule has 0 spiro atoms. The lowest BCUT2D eigenvalue weighted by Crippen LogP contribution is -2.18. The second kappa shape index (κ2) is 7.73. The van der Waals surface area contributed by atoms with Gasteiger partial charge in [0.2, 0.25) is 17.8 Å². The minimum atomic E-state index is -0.282. The van der Waals surface area contributed by atoms with Crippen LogP contribution in [-0.2, 0) is 0 Å². The van der Waals surface area contributed by atoms with E-state index in [1.165, 1.54) is 0 Å². The average Bonchev–Trinajstić information content (AvgIpc) is 2.38. The van der Waals surface area contributed by atoms with E-state index in [4.69, 9.17) is 0 Å². The lowest BCUT2D eigenvalue weighted by Gasteiger charge is -2.14. The van der Waals surface area contributed by atoms with E-state index in [0.717, 1.165) is 13.0 Å². The second-order valence-electron chi connectivity index (χ2n) is 4.48. The molecular weight excluding hydrogens is 244 g/mol. The summed E-state index contributed by atoms with van der Waals surface area (Å²) in [6.07, 6.45) is 1.15. The van der Waals surface area contributed by atoms with E-state index in [1.54, 1.807) is 0 Å². The van der Waals surface area contributed by atoms with E-state index in [1.807, 2.05) is 32.8 Å². The van der Waals surface area contributed by atoms with Crippen LogP contribution in [0.4, 0.5) is 17.8 Å². The van der Waals surface area contributed by atoms with Crippen molar-refractivity contribution < 1.29 is 5.11 Å². The van der Waals surface area contributed by atoms with Crippen molar-refractivity contribution in [3.63, 3.8) is 0 Å². The Morgan fingerprint density at radius 1 is 1.11 bits per heavy atom. The molecule has 7 heteroatoms. The molecule has 1 aromatic heterocycles. The number of hydrogen-bond acceptors (Lipinski definition) is 7. The number of aliphatic hydroxyl groups excluding tert-OH is 1. The number of aromatic nitrogens is 3. The molecule has 3 N–H and O–H groups in total. The minimum absolute atomic E-state index is 0.282. The monoisotopic (exact) mass is 268 g/mol. The summed E-state index contributed by atoms with van der Waals surface area (Å²) in [6.45, 7) is 5.34. The van der Waals surface area contributed by atoms with Gasteiger partial charge < -0.3 is 20.6 Å². The van der Waals surface area contributed by atoms with Crippen molar-refractivity contribution in [3.05, 3.63) is 0 Å². The van der Waals surface area contributed by atoms with Gasteiger partial charge in [-0.05, 0) is 19.8 Å². The van der Waals surface area contributed by atoms with Gasteiger partial charge in [0.1, 0.15) is 0 Å². The number of nitrogens with zero attached hydrogens (tertiary/aromatic N) is 4. The van der Waals surface area contributed by atoms with Crippen LogP contribution in [0.25, 0.3) is 0 Å². The number of hydrogen-bond donors (Lipinski definition) is 3. The van der Waals surface area contributed by atoms with Gasteiger partial charge in [0, 0.05) is 27.2 Å². The number of rotatable bonds is 8. The van der Waals surface area contributed by atoms with Gasteiger partial charge in [0.05, 0.1) is 6.10 Å². The highest BCUT2D eigenvalue weighted by Crippen LogP contribution is 2.11. The Morgan fingerprint density at radius 2 is 1.74 bits per heavy atom. The second-order valence-corrected chi connectivity index (χ2v) is 4.48. The predicted molar refractivity (Wildman–Crippen MR) is 77.7 cm³/mol. The number of nitrogens with one attached hydrogen (secondary N) is 2. The molecule has 0 aliphatic rings. The summed E-state index contributed by atoms with van der Waals surface area (Å²) < 4.78 is 0. The van der Waals surface area contributed by atoms with Gasteiger partial charge >= 0.3 is 0 Å². The highest BCUT2D eigenvalue weighted by molar-refractivity contribution is 5.42. The Hall–Kier alpha value is -1.63. The van der Waals surface area contributed by atoms with E-state index in [2.05, 4.69) is 25.6 Å². The zero-order valence-corrected chi connectivity index (χ0v) is 12.1. The first-order valence-electron chi connectivity index (χ1n) is 6.66. The summed E-state index contributed by atoms with van der Waals surface area (Å²) in [7, 11) is 3.77. The molecular formula is C12H24N6O. The molecule has 0 saturated heterocycles. The fraction of sp³-hybridized carbons (Fsp3) is 0.750. The van der Waals surface area contributed by atoms with Gasteiger partial charge in [-0.25, -0.2) is 0 Å². The molecule has 1 unspecified atom stereocenters. The molecule has 1 heterocycles. The highest BCUT2D eigenvalue weighted by atomic mass is 16.3. The van der Waals surface area contributed by atoms with Gasteiger partial charge in [-0.2, -0.15) is 15.0 Å². The van der Waals surface area contributed by atoms with Crippen molar-refractivity contribution in [2.45, 2.75) is 32.8 Å². The van der Waals surface area contributed by atoms with Crippen molar-refractivity contribution in [1.82, 2.24) is 15.0 Å². The molecule has 0 fully saturated rings. The van der Waals surface area contributed by atoms with Crippen LogP contribution in [0.2, 0.25) is 0 Å². The zero-order valence-electron chi connectivity index (χ0n) is 12.1. The molecule has 19 heavy (non-hydrogen) atoms. The molecule has 0 radical (unpaired) electrons.